The molecule has 170 valence electrons. The van der Waals surface area contributed by atoms with Crippen molar-refractivity contribution >= 4 is 28.4 Å². The van der Waals surface area contributed by atoms with Crippen LogP contribution in [0.4, 0.5) is 14.3 Å². The van der Waals surface area contributed by atoms with E-state index in [1.165, 1.54) is 28.4 Å². The van der Waals surface area contributed by atoms with Gasteiger partial charge in [-0.3, -0.25) is 10.1 Å². The summed E-state index contributed by atoms with van der Waals surface area (Å²) < 4.78 is 23.7. The Hall–Kier alpha value is -3.31. The molecule has 0 aliphatic rings. The van der Waals surface area contributed by atoms with E-state index >= 15 is 0 Å². The summed E-state index contributed by atoms with van der Waals surface area (Å²) in [6, 6.07) is 7.29. The lowest BCUT2D eigenvalue weighted by atomic mass is 10.2. The van der Waals surface area contributed by atoms with Crippen molar-refractivity contribution in [2.45, 2.75) is 39.6 Å². The van der Waals surface area contributed by atoms with Gasteiger partial charge < -0.3 is 19.5 Å². The number of nitrogens with one attached hydrogen (secondary N) is 2. The lowest BCUT2D eigenvalue weighted by molar-refractivity contribution is -0.142. The number of likely N-dealkylation sites (N-methyl/N-ethyl adjacent to an activating group) is 1. The van der Waals surface area contributed by atoms with Gasteiger partial charge in [0.2, 0.25) is 0 Å². The van der Waals surface area contributed by atoms with Crippen molar-refractivity contribution in [3.8, 4) is 0 Å². The summed E-state index contributed by atoms with van der Waals surface area (Å²) >= 11 is 1.24. The number of carbonyl (C=O) groups excluding carboxylic acids is 2. The molecule has 2 N–H and O–H groups in total. The Morgan fingerprint density at radius 1 is 1.31 bits per heavy atom. The number of hydrogen-bond donors (Lipinski definition) is 2. The molecule has 2 heterocycles. The van der Waals surface area contributed by atoms with Crippen molar-refractivity contribution in [3.63, 3.8) is 0 Å². The lowest BCUT2D eigenvalue weighted by Crippen LogP contribution is -2.36. The van der Waals surface area contributed by atoms with Crippen LogP contribution < -0.4 is 10.6 Å². The zero-order chi connectivity index (χ0) is 23.1. The van der Waals surface area contributed by atoms with E-state index in [2.05, 4.69) is 20.8 Å². The Morgan fingerprint density at radius 2 is 2.12 bits per heavy atom. The number of rotatable bonds is 9. The Bertz CT molecular complexity index is 1070. The number of thiazole rings is 1. The van der Waals surface area contributed by atoms with Gasteiger partial charge in [0.05, 0.1) is 18.8 Å². The van der Waals surface area contributed by atoms with Gasteiger partial charge in [0.15, 0.2) is 5.13 Å². The molecule has 1 aromatic carbocycles. The molecule has 11 heteroatoms. The first kappa shape index (κ1) is 23.4. The number of aryl methyl sites for hydroxylation is 1. The van der Waals surface area contributed by atoms with E-state index in [9.17, 15) is 14.0 Å². The molecule has 0 aliphatic heterocycles. The summed E-state index contributed by atoms with van der Waals surface area (Å²) in [6.45, 7) is 4.07. The minimum atomic E-state index is -0.665. The third-order valence-corrected chi connectivity index (χ3v) is 5.20. The third kappa shape index (κ3) is 6.86. The first-order valence-corrected chi connectivity index (χ1v) is 10.7. The molecule has 0 spiro atoms. The largest absolute Gasteiger partial charge is 0.362 e. The second kappa shape index (κ2) is 10.8. The van der Waals surface area contributed by atoms with Gasteiger partial charge in [-0.2, -0.15) is 0 Å². The summed E-state index contributed by atoms with van der Waals surface area (Å²) in [5, 5.41) is 11.3. The molecule has 1 unspecified atom stereocenters. The van der Waals surface area contributed by atoms with Crippen molar-refractivity contribution in [2.24, 2.45) is 0 Å². The Balaban J connectivity index is 1.43. The molecule has 1 atom stereocenters. The van der Waals surface area contributed by atoms with Crippen LogP contribution in [0.1, 0.15) is 29.6 Å². The molecule has 0 radical (unpaired) electrons. The molecular weight excluding hydrogens is 437 g/mol. The monoisotopic (exact) mass is 461 g/mol. The number of urea groups is 1. The van der Waals surface area contributed by atoms with Gasteiger partial charge in [0, 0.05) is 25.0 Å². The number of benzene rings is 1. The van der Waals surface area contributed by atoms with E-state index in [4.69, 9.17) is 9.26 Å². The molecule has 9 nitrogen and oxygen atoms in total. The van der Waals surface area contributed by atoms with Crippen molar-refractivity contribution in [1.29, 1.82) is 0 Å². The SMILES string of the molecule is Cc1cc(COC(C)C(=O)N(C)Cc2csc(NC(=O)NCc3cccc(F)c3)n2)no1. The van der Waals surface area contributed by atoms with Crippen LogP contribution in [0.25, 0.3) is 0 Å². The third-order valence-electron chi connectivity index (χ3n) is 4.40. The van der Waals surface area contributed by atoms with E-state index in [1.54, 1.807) is 44.5 Å². The first-order valence-electron chi connectivity index (χ1n) is 9.82. The highest BCUT2D eigenvalue weighted by molar-refractivity contribution is 7.13. The van der Waals surface area contributed by atoms with Crippen LogP contribution in [0.3, 0.4) is 0 Å². The summed E-state index contributed by atoms with van der Waals surface area (Å²) in [5.41, 5.74) is 1.90. The summed E-state index contributed by atoms with van der Waals surface area (Å²) in [7, 11) is 1.65. The molecule has 0 saturated heterocycles. The van der Waals surface area contributed by atoms with Crippen LogP contribution in [0.15, 0.2) is 40.2 Å². The van der Waals surface area contributed by atoms with Gasteiger partial charge in [-0.25, -0.2) is 14.2 Å². The average molecular weight is 462 g/mol. The van der Waals surface area contributed by atoms with Gasteiger partial charge in [-0.05, 0) is 31.5 Å². The number of amides is 3. The number of halogens is 1. The highest BCUT2D eigenvalue weighted by atomic mass is 32.1. The Kier molecular flexibility index (Phi) is 7.90. The van der Waals surface area contributed by atoms with Gasteiger partial charge >= 0.3 is 6.03 Å². The fourth-order valence-corrected chi connectivity index (χ4v) is 3.50. The minimum Gasteiger partial charge on any atom is -0.362 e. The normalized spacial score (nSPS) is 11.8. The summed E-state index contributed by atoms with van der Waals surface area (Å²) in [5.74, 6) is 0.108. The fraction of sp³-hybridized carbons (Fsp3) is 0.333. The molecule has 0 aliphatic carbocycles. The number of hydrogen-bond acceptors (Lipinski definition) is 7. The Labute approximate surface area is 188 Å². The maximum Gasteiger partial charge on any atom is 0.321 e. The molecule has 0 saturated carbocycles. The second-order valence-corrected chi connectivity index (χ2v) is 8.02. The highest BCUT2D eigenvalue weighted by Gasteiger charge is 2.20. The lowest BCUT2D eigenvalue weighted by Gasteiger charge is -2.20. The quantitative estimate of drug-likeness (QED) is 0.505. The number of anilines is 1. The van der Waals surface area contributed by atoms with Gasteiger partial charge in [-0.15, -0.1) is 11.3 Å². The van der Waals surface area contributed by atoms with Crippen molar-refractivity contribution in [3.05, 3.63) is 64.2 Å². The topological polar surface area (TPSA) is 110 Å². The van der Waals surface area contributed by atoms with E-state index < -0.39 is 12.1 Å². The number of nitrogens with zero attached hydrogens (tertiary/aromatic N) is 3. The van der Waals surface area contributed by atoms with Gasteiger partial charge in [0.1, 0.15) is 23.4 Å². The van der Waals surface area contributed by atoms with Crippen LogP contribution in [-0.4, -0.2) is 40.1 Å². The van der Waals surface area contributed by atoms with Crippen molar-refractivity contribution < 1.29 is 23.2 Å². The van der Waals surface area contributed by atoms with Crippen LogP contribution >= 0.6 is 11.3 Å². The van der Waals surface area contributed by atoms with Gasteiger partial charge in [-0.1, -0.05) is 17.3 Å². The number of aromatic nitrogens is 2. The molecule has 0 bridgehead atoms. The molecule has 0 fully saturated rings. The van der Waals surface area contributed by atoms with E-state index in [1.807, 2.05) is 0 Å². The van der Waals surface area contributed by atoms with Gasteiger partial charge in [0.25, 0.3) is 5.91 Å². The predicted molar refractivity (Wildman–Crippen MR) is 116 cm³/mol. The number of carbonyl (C=O) groups is 2. The van der Waals surface area contributed by atoms with Crippen LogP contribution in [0.2, 0.25) is 0 Å². The predicted octanol–water partition coefficient (Wildman–Crippen LogP) is 3.46. The number of ether oxygens (including phenoxy) is 1. The van der Waals surface area contributed by atoms with Crippen LogP contribution in [0, 0.1) is 12.7 Å². The summed E-state index contributed by atoms with van der Waals surface area (Å²) in [4.78, 5) is 30.4. The van der Waals surface area contributed by atoms with Crippen LogP contribution in [-0.2, 0) is 29.2 Å². The fourth-order valence-electron chi connectivity index (χ4n) is 2.81. The minimum absolute atomic E-state index is 0.174. The van der Waals surface area contributed by atoms with E-state index in [0.717, 1.165) is 0 Å². The second-order valence-electron chi connectivity index (χ2n) is 7.16. The molecule has 3 aromatic rings. The van der Waals surface area contributed by atoms with E-state index in [-0.39, 0.29) is 31.4 Å². The molecule has 3 amide bonds. The average Bonchev–Trinajstić information content (AvgIpc) is 3.38. The first-order chi connectivity index (χ1) is 15.3. The molecular formula is C21H24FN5O4S. The smallest absolute Gasteiger partial charge is 0.321 e. The van der Waals surface area contributed by atoms with Crippen LogP contribution in [0.5, 0.6) is 0 Å². The van der Waals surface area contributed by atoms with Crippen molar-refractivity contribution in [2.75, 3.05) is 12.4 Å². The molecule has 3 rings (SSSR count). The van der Waals surface area contributed by atoms with Crippen molar-refractivity contribution in [1.82, 2.24) is 20.4 Å². The molecule has 2 aromatic heterocycles. The maximum absolute atomic E-state index is 13.2. The Morgan fingerprint density at radius 3 is 2.84 bits per heavy atom. The highest BCUT2D eigenvalue weighted by Crippen LogP contribution is 2.17. The standard InChI is InChI=1S/C21H24FN5O4S/c1-13-7-17(26-31-13)11-30-14(2)19(28)27(3)10-18-12-32-21(24-18)25-20(29)23-9-15-5-4-6-16(22)8-15/h4-8,12,14H,9-11H2,1-3H3,(H2,23,24,25,29). The van der Waals surface area contributed by atoms with E-state index in [0.29, 0.717) is 27.8 Å². The zero-order valence-electron chi connectivity index (χ0n) is 17.9. The maximum atomic E-state index is 13.2. The molecule has 32 heavy (non-hydrogen) atoms. The zero-order valence-corrected chi connectivity index (χ0v) is 18.7. The summed E-state index contributed by atoms with van der Waals surface area (Å²) in [6.07, 6.45) is -0.665.